The van der Waals surface area contributed by atoms with E-state index < -0.39 is 17.7 Å². The molecule has 0 bridgehead atoms. The topological polar surface area (TPSA) is 72.9 Å². The van der Waals surface area contributed by atoms with E-state index in [1.807, 2.05) is 0 Å². The number of hydrogen-bond acceptors (Lipinski definition) is 5. The maximum absolute atomic E-state index is 11.8. The van der Waals surface area contributed by atoms with Gasteiger partial charge in [0.2, 0.25) is 0 Å². The van der Waals surface area contributed by atoms with Gasteiger partial charge >= 0.3 is 11.9 Å². The standard InChI is InChI=1S/C16H17NO5/c1-16(2)21-14(19)12(15(20)22-16)9-10-5-7-11(8-6-10)13(18)17(3)4/h5-9H,1-4H3. The number of hydrogen-bond donors (Lipinski definition) is 0. The highest BCUT2D eigenvalue weighted by Gasteiger charge is 2.38. The summed E-state index contributed by atoms with van der Waals surface area (Å²) in [5.41, 5.74) is 0.937. The highest BCUT2D eigenvalue weighted by Crippen LogP contribution is 2.24. The van der Waals surface area contributed by atoms with Gasteiger partial charge in [-0.05, 0) is 23.8 Å². The normalized spacial score (nSPS) is 16.6. The van der Waals surface area contributed by atoms with E-state index in [0.717, 1.165) is 0 Å². The summed E-state index contributed by atoms with van der Waals surface area (Å²) in [5, 5.41) is 0. The van der Waals surface area contributed by atoms with Gasteiger partial charge in [0.05, 0.1) is 0 Å². The van der Waals surface area contributed by atoms with Crippen molar-refractivity contribution < 1.29 is 23.9 Å². The lowest BCUT2D eigenvalue weighted by Gasteiger charge is -2.29. The third-order valence-electron chi connectivity index (χ3n) is 2.99. The SMILES string of the molecule is CN(C)C(=O)c1ccc(C=C2C(=O)OC(C)(C)OC2=O)cc1. The van der Waals surface area contributed by atoms with Crippen LogP contribution in [0.5, 0.6) is 0 Å². The van der Waals surface area contributed by atoms with Crippen LogP contribution in [-0.4, -0.2) is 42.6 Å². The zero-order chi connectivity index (χ0) is 16.5. The summed E-state index contributed by atoms with van der Waals surface area (Å²) < 4.78 is 10.0. The van der Waals surface area contributed by atoms with Gasteiger partial charge in [0.25, 0.3) is 11.7 Å². The molecule has 116 valence electrons. The Kier molecular flexibility index (Phi) is 4.03. The monoisotopic (exact) mass is 303 g/mol. The molecule has 1 heterocycles. The lowest BCUT2D eigenvalue weighted by Crippen LogP contribution is -2.41. The van der Waals surface area contributed by atoms with Crippen LogP contribution in [0.15, 0.2) is 29.8 Å². The van der Waals surface area contributed by atoms with E-state index in [1.165, 1.54) is 24.8 Å². The first-order chi connectivity index (χ1) is 10.2. The first-order valence-electron chi connectivity index (χ1n) is 6.70. The Bertz CT molecular complexity index is 634. The average molecular weight is 303 g/mol. The van der Waals surface area contributed by atoms with Crippen molar-refractivity contribution in [3.63, 3.8) is 0 Å². The smallest absolute Gasteiger partial charge is 0.348 e. The quantitative estimate of drug-likeness (QED) is 0.471. The molecule has 0 aromatic heterocycles. The summed E-state index contributed by atoms with van der Waals surface area (Å²) in [4.78, 5) is 36.9. The summed E-state index contributed by atoms with van der Waals surface area (Å²) >= 11 is 0. The Hall–Kier alpha value is -2.63. The van der Waals surface area contributed by atoms with Gasteiger partial charge in [-0.1, -0.05) is 12.1 Å². The van der Waals surface area contributed by atoms with Crippen molar-refractivity contribution in [1.82, 2.24) is 4.90 Å². The van der Waals surface area contributed by atoms with Gasteiger partial charge in [0.1, 0.15) is 5.57 Å². The van der Waals surface area contributed by atoms with Crippen molar-refractivity contribution in [1.29, 1.82) is 0 Å². The zero-order valence-electron chi connectivity index (χ0n) is 12.9. The first kappa shape index (κ1) is 15.8. The second kappa shape index (κ2) is 5.63. The van der Waals surface area contributed by atoms with Crippen LogP contribution in [0, 0.1) is 0 Å². The molecule has 1 aliphatic heterocycles. The molecule has 6 nitrogen and oxygen atoms in total. The fourth-order valence-electron chi connectivity index (χ4n) is 1.93. The van der Waals surface area contributed by atoms with E-state index in [4.69, 9.17) is 9.47 Å². The summed E-state index contributed by atoms with van der Waals surface area (Å²) in [6.45, 7) is 2.97. The molecule has 0 N–H and O–H groups in total. The summed E-state index contributed by atoms with van der Waals surface area (Å²) in [6, 6.07) is 6.53. The minimum absolute atomic E-state index is 0.127. The average Bonchev–Trinajstić information content (AvgIpc) is 2.41. The third-order valence-corrected chi connectivity index (χ3v) is 2.99. The molecule has 0 saturated carbocycles. The van der Waals surface area contributed by atoms with Crippen LogP contribution >= 0.6 is 0 Å². The summed E-state index contributed by atoms with van der Waals surface area (Å²) in [7, 11) is 3.32. The molecule has 1 aromatic rings. The number of rotatable bonds is 2. The highest BCUT2D eigenvalue weighted by atomic mass is 16.7. The predicted molar refractivity (Wildman–Crippen MR) is 78.7 cm³/mol. The molecule has 0 unspecified atom stereocenters. The van der Waals surface area contributed by atoms with Gasteiger partial charge in [-0.3, -0.25) is 4.79 Å². The Balaban J connectivity index is 2.24. The molecule has 0 spiro atoms. The molecule has 0 aliphatic carbocycles. The number of cyclic esters (lactones) is 2. The fraction of sp³-hybridized carbons (Fsp3) is 0.312. The van der Waals surface area contributed by atoms with Crippen LogP contribution in [0.4, 0.5) is 0 Å². The first-order valence-corrected chi connectivity index (χ1v) is 6.70. The van der Waals surface area contributed by atoms with E-state index >= 15 is 0 Å². The molecule has 1 saturated heterocycles. The highest BCUT2D eigenvalue weighted by molar-refractivity contribution is 6.18. The Morgan fingerprint density at radius 1 is 1.05 bits per heavy atom. The molecule has 6 heteroatoms. The zero-order valence-corrected chi connectivity index (χ0v) is 12.9. The van der Waals surface area contributed by atoms with Crippen LogP contribution in [0.3, 0.4) is 0 Å². The molecule has 0 radical (unpaired) electrons. The van der Waals surface area contributed by atoms with Crippen molar-refractivity contribution >= 4 is 23.9 Å². The number of benzene rings is 1. The van der Waals surface area contributed by atoms with E-state index in [0.29, 0.717) is 11.1 Å². The van der Waals surface area contributed by atoms with Crippen molar-refractivity contribution in [3.05, 3.63) is 41.0 Å². The van der Waals surface area contributed by atoms with E-state index in [9.17, 15) is 14.4 Å². The van der Waals surface area contributed by atoms with Gasteiger partial charge in [0, 0.05) is 33.5 Å². The lowest BCUT2D eigenvalue weighted by atomic mass is 10.1. The summed E-state index contributed by atoms with van der Waals surface area (Å²) in [5.74, 6) is -2.84. The molecule has 1 aliphatic rings. The van der Waals surface area contributed by atoms with Crippen molar-refractivity contribution in [2.24, 2.45) is 0 Å². The molecule has 1 aromatic carbocycles. The number of nitrogens with zero attached hydrogens (tertiary/aromatic N) is 1. The number of amides is 1. The van der Waals surface area contributed by atoms with Crippen LogP contribution in [0.25, 0.3) is 6.08 Å². The minimum atomic E-state index is -1.26. The van der Waals surface area contributed by atoms with E-state index in [1.54, 1.807) is 38.4 Å². The lowest BCUT2D eigenvalue weighted by molar-refractivity contribution is -0.222. The second-order valence-electron chi connectivity index (χ2n) is 5.56. The van der Waals surface area contributed by atoms with Crippen molar-refractivity contribution in [2.75, 3.05) is 14.1 Å². The molecule has 2 rings (SSSR count). The van der Waals surface area contributed by atoms with Gasteiger partial charge < -0.3 is 14.4 Å². The van der Waals surface area contributed by atoms with E-state index in [-0.39, 0.29) is 11.5 Å². The fourth-order valence-corrected chi connectivity index (χ4v) is 1.93. The molecule has 1 fully saturated rings. The summed E-state index contributed by atoms with van der Waals surface area (Å²) in [6.07, 6.45) is 1.38. The molecule has 0 atom stereocenters. The minimum Gasteiger partial charge on any atom is -0.419 e. The Morgan fingerprint density at radius 2 is 1.55 bits per heavy atom. The number of carbonyl (C=O) groups is 3. The molecule has 22 heavy (non-hydrogen) atoms. The second-order valence-corrected chi connectivity index (χ2v) is 5.56. The molecular weight excluding hydrogens is 286 g/mol. The van der Waals surface area contributed by atoms with Crippen LogP contribution in [0.1, 0.15) is 29.8 Å². The van der Waals surface area contributed by atoms with Crippen LogP contribution in [0.2, 0.25) is 0 Å². The van der Waals surface area contributed by atoms with E-state index in [2.05, 4.69) is 0 Å². The van der Waals surface area contributed by atoms with Crippen LogP contribution in [-0.2, 0) is 19.1 Å². The molecular formula is C16H17NO5. The number of carbonyl (C=O) groups excluding carboxylic acids is 3. The third kappa shape index (κ3) is 3.33. The van der Waals surface area contributed by atoms with Gasteiger partial charge in [-0.15, -0.1) is 0 Å². The van der Waals surface area contributed by atoms with Gasteiger partial charge in [-0.25, -0.2) is 9.59 Å². The van der Waals surface area contributed by atoms with Gasteiger partial charge in [-0.2, -0.15) is 0 Å². The Morgan fingerprint density at radius 3 is 2.00 bits per heavy atom. The van der Waals surface area contributed by atoms with Crippen molar-refractivity contribution in [2.45, 2.75) is 19.6 Å². The predicted octanol–water partition coefficient (Wildman–Crippen LogP) is 1.61. The maximum Gasteiger partial charge on any atom is 0.348 e. The number of esters is 2. The van der Waals surface area contributed by atoms with Gasteiger partial charge in [0.15, 0.2) is 0 Å². The largest absolute Gasteiger partial charge is 0.419 e. The van der Waals surface area contributed by atoms with Crippen LogP contribution < -0.4 is 0 Å². The number of ether oxygens (including phenoxy) is 2. The molecule has 1 amide bonds. The van der Waals surface area contributed by atoms with Crippen molar-refractivity contribution in [3.8, 4) is 0 Å². The maximum atomic E-state index is 11.8. The Labute approximate surface area is 128 Å².